The zero-order valence-electron chi connectivity index (χ0n) is 5.17. The van der Waals surface area contributed by atoms with Gasteiger partial charge in [0.1, 0.15) is 0 Å². The van der Waals surface area contributed by atoms with Gasteiger partial charge in [-0.1, -0.05) is 0 Å². The van der Waals surface area contributed by atoms with E-state index in [1.165, 1.54) is 0 Å². The Balaban J connectivity index is 3.41. The van der Waals surface area contributed by atoms with Crippen molar-refractivity contribution < 1.29 is 19.3 Å². The summed E-state index contributed by atoms with van der Waals surface area (Å²) in [5, 5.41) is 0.120. The van der Waals surface area contributed by atoms with Crippen molar-refractivity contribution in [2.24, 2.45) is 0 Å². The van der Waals surface area contributed by atoms with E-state index in [0.717, 1.165) is 0 Å². The van der Waals surface area contributed by atoms with Gasteiger partial charge in [0.2, 0.25) is 0 Å². The zero-order valence-corrected chi connectivity index (χ0v) is 9.33. The number of rotatable bonds is 4. The molecule has 1 unspecified atom stereocenters. The van der Waals surface area contributed by atoms with Gasteiger partial charge in [0.15, 0.2) is 0 Å². The van der Waals surface area contributed by atoms with Gasteiger partial charge in [-0.3, -0.25) is 0 Å². The molecule has 1 atom stereocenters. The molecule has 2 nitrogen and oxygen atoms in total. The van der Waals surface area contributed by atoms with E-state index in [0.29, 0.717) is 6.61 Å². The molecule has 0 aliphatic heterocycles. The molecule has 0 amide bonds. The van der Waals surface area contributed by atoms with E-state index in [-0.39, 0.29) is 14.9 Å². The third kappa shape index (κ3) is 4.74. The Hall–Kier alpha value is 1.37. The van der Waals surface area contributed by atoms with E-state index in [9.17, 15) is 0 Å². The Labute approximate surface area is 73.5 Å². The topological polar surface area (TPSA) is 18.5 Å². The van der Waals surface area contributed by atoms with Crippen LogP contribution in [0.15, 0.2) is 0 Å². The Bertz CT molecular complexity index is 71.6. The molecule has 9 heavy (non-hydrogen) atoms. The van der Waals surface area contributed by atoms with Crippen molar-refractivity contribution in [1.29, 1.82) is 0 Å². The fraction of sp³-hybridized carbons (Fsp3) is 1.00. The van der Waals surface area contributed by atoms with Crippen LogP contribution in [0.3, 0.4) is 0 Å². The second-order valence-electron chi connectivity index (χ2n) is 1.24. The summed E-state index contributed by atoms with van der Waals surface area (Å²) in [5.41, 5.74) is 0. The summed E-state index contributed by atoms with van der Waals surface area (Å²) in [6, 6.07) is 0. The van der Waals surface area contributed by atoms with E-state index in [1.807, 2.05) is 0 Å². The van der Waals surface area contributed by atoms with Crippen molar-refractivity contribution in [1.82, 2.24) is 0 Å². The van der Waals surface area contributed by atoms with Gasteiger partial charge in [-0.05, 0) is 0 Å². The molecule has 0 saturated carbocycles. The van der Waals surface area contributed by atoms with Gasteiger partial charge in [-0.15, -0.1) is 0 Å². The average molecular weight is 308 g/mol. The second-order valence-corrected chi connectivity index (χ2v) is 9.68. The van der Waals surface area contributed by atoms with Crippen LogP contribution >= 0.6 is 28.5 Å². The number of halogens is 2. The van der Waals surface area contributed by atoms with Crippen molar-refractivity contribution >= 4 is 28.5 Å². The van der Waals surface area contributed by atoms with Gasteiger partial charge in [0.25, 0.3) is 0 Å². The Morgan fingerprint density at radius 3 is 2.11 bits per heavy atom. The van der Waals surface area contributed by atoms with E-state index in [4.69, 9.17) is 9.47 Å². The van der Waals surface area contributed by atoms with E-state index in [1.54, 1.807) is 14.2 Å². The third-order valence-electron chi connectivity index (χ3n) is 0.683. The maximum absolute atomic E-state index is 5.05. The van der Waals surface area contributed by atoms with Gasteiger partial charge in [-0.2, -0.15) is 0 Å². The van der Waals surface area contributed by atoms with Gasteiger partial charge in [0, 0.05) is 0 Å². The van der Waals surface area contributed by atoms with Crippen molar-refractivity contribution in [3.8, 4) is 0 Å². The molecule has 0 aromatic heterocycles. The van der Waals surface area contributed by atoms with Crippen LogP contribution in [-0.4, -0.2) is 25.9 Å². The molecule has 0 bridgehead atoms. The zero-order chi connectivity index (χ0) is 7.28. The predicted molar refractivity (Wildman–Crippen MR) is 40.5 cm³/mol. The number of hydrogen-bond acceptors (Lipinski definition) is 2. The van der Waals surface area contributed by atoms with Crippen molar-refractivity contribution in [3.05, 3.63) is 0 Å². The fourth-order valence-electron chi connectivity index (χ4n) is 0.285. The summed E-state index contributed by atoms with van der Waals surface area (Å²) in [7, 11) is 3.12. The van der Waals surface area contributed by atoms with Crippen molar-refractivity contribution in [2.45, 2.75) is 5.07 Å². The quantitative estimate of drug-likeness (QED) is 0.738. The molecular formula is C4H9Br2NiO2. The van der Waals surface area contributed by atoms with Crippen LogP contribution in [0.25, 0.3) is 0 Å². The van der Waals surface area contributed by atoms with Crippen LogP contribution in [0.4, 0.5) is 0 Å². The number of ether oxygens (including phenoxy) is 2. The molecule has 0 saturated heterocycles. The minimum absolute atomic E-state index is 0.120. The molecule has 5 heteroatoms. The molecule has 0 fully saturated rings. The van der Waals surface area contributed by atoms with E-state index >= 15 is 0 Å². The number of methoxy groups -OCH3 is 2. The first-order valence-corrected chi connectivity index (χ1v) is 7.62. The molecule has 0 rings (SSSR count). The van der Waals surface area contributed by atoms with Crippen LogP contribution in [0.2, 0.25) is 0 Å². The summed E-state index contributed by atoms with van der Waals surface area (Å²) in [6.07, 6.45) is 0. The second kappa shape index (κ2) is 6.11. The minimum atomic E-state index is -0.194. The van der Waals surface area contributed by atoms with Crippen LogP contribution in [0.1, 0.15) is 0 Å². The average Bonchev–Trinajstić information content (AvgIpc) is 1.82. The summed E-state index contributed by atoms with van der Waals surface area (Å²) < 4.78 is 9.93. The van der Waals surface area contributed by atoms with Gasteiger partial charge in [0.05, 0.1) is 0 Å². The predicted octanol–water partition coefficient (Wildman–Crippen LogP) is 1.84. The molecule has 61 valence electrons. The molecule has 0 aromatic rings. The van der Waals surface area contributed by atoms with Crippen LogP contribution in [-0.2, 0) is 19.3 Å². The standard InChI is InChI=1S/C4H9O2.2BrH.Ni/c1-5-3-4-6-2;;;/h3H,4H2,1-2H3;2*1H;/q;;;+2/p-2. The SMILES string of the molecule is COC[CH](OC)[Ni]([Br])[Br]. The van der Waals surface area contributed by atoms with Crippen LogP contribution < -0.4 is 0 Å². The summed E-state index contributed by atoms with van der Waals surface area (Å²) in [5.74, 6) is 0. The third-order valence-corrected chi connectivity index (χ3v) is 4.22. The molecular weight excluding hydrogens is 299 g/mol. The summed E-state index contributed by atoms with van der Waals surface area (Å²) >= 11 is 6.71. The van der Waals surface area contributed by atoms with E-state index in [2.05, 4.69) is 28.5 Å². The molecule has 0 spiro atoms. The Morgan fingerprint density at radius 2 is 2.00 bits per heavy atom. The van der Waals surface area contributed by atoms with Crippen LogP contribution in [0, 0.1) is 0 Å². The summed E-state index contributed by atoms with van der Waals surface area (Å²) in [6.45, 7) is 0.613. The molecule has 0 aliphatic rings. The summed E-state index contributed by atoms with van der Waals surface area (Å²) in [4.78, 5) is 0. The normalized spacial score (nSPS) is 15.3. The Kier molecular flexibility index (Phi) is 7.04. The molecule has 0 aromatic carbocycles. The maximum atomic E-state index is 5.05. The van der Waals surface area contributed by atoms with Crippen molar-refractivity contribution in [2.75, 3.05) is 20.8 Å². The molecule has 0 aliphatic carbocycles. The monoisotopic (exact) mass is 305 g/mol. The van der Waals surface area contributed by atoms with Gasteiger partial charge < -0.3 is 0 Å². The molecule has 0 radical (unpaired) electrons. The molecule has 0 N–H and O–H groups in total. The first kappa shape index (κ1) is 10.4. The van der Waals surface area contributed by atoms with Crippen molar-refractivity contribution in [3.63, 3.8) is 0 Å². The first-order valence-electron chi connectivity index (χ1n) is 2.17. The first-order chi connectivity index (χ1) is 4.22. The van der Waals surface area contributed by atoms with Gasteiger partial charge in [-0.25, -0.2) is 0 Å². The van der Waals surface area contributed by atoms with Gasteiger partial charge >= 0.3 is 73.7 Å². The Morgan fingerprint density at radius 1 is 1.44 bits per heavy atom. The number of hydrogen-bond donors (Lipinski definition) is 0. The van der Waals surface area contributed by atoms with E-state index < -0.39 is 0 Å². The molecule has 0 heterocycles. The van der Waals surface area contributed by atoms with Crippen LogP contribution in [0.5, 0.6) is 0 Å². The fourth-order valence-corrected chi connectivity index (χ4v) is 2.41.